The molecule has 0 aliphatic heterocycles. The quantitative estimate of drug-likeness (QED) is 0.384. The Morgan fingerprint density at radius 2 is 1.86 bits per heavy atom. The maximum absolute atomic E-state index is 13.1. The van der Waals surface area contributed by atoms with Crippen molar-refractivity contribution in [2.45, 2.75) is 20.3 Å². The van der Waals surface area contributed by atoms with Gasteiger partial charge in [-0.2, -0.15) is 0 Å². The molecule has 0 heterocycles. The molecule has 1 rings (SSSR count). The van der Waals surface area contributed by atoms with Crippen molar-refractivity contribution in [3.8, 4) is 0 Å². The van der Waals surface area contributed by atoms with Gasteiger partial charge in [-0.1, -0.05) is 26.0 Å². The van der Waals surface area contributed by atoms with Crippen molar-refractivity contribution in [3.63, 3.8) is 0 Å². The summed E-state index contributed by atoms with van der Waals surface area (Å²) in [4.78, 5) is 6.54. The fraction of sp³-hybridized carbons (Fsp3) is 0.562. The lowest BCUT2D eigenvalue weighted by molar-refractivity contribution is 0.308. The molecule has 6 heteroatoms. The third-order valence-electron chi connectivity index (χ3n) is 3.43. The molecule has 0 radical (unpaired) electrons. The summed E-state index contributed by atoms with van der Waals surface area (Å²) < 4.78 is 13.1. The highest BCUT2D eigenvalue weighted by Gasteiger charge is 2.01. The number of nitrogens with one attached hydrogen (secondary N) is 2. The van der Waals surface area contributed by atoms with Crippen LogP contribution in [0.2, 0.25) is 0 Å². The van der Waals surface area contributed by atoms with Crippen LogP contribution in [-0.4, -0.2) is 50.6 Å². The Morgan fingerprint density at radius 3 is 2.45 bits per heavy atom. The number of aliphatic imine (C=N–C) groups is 1. The van der Waals surface area contributed by atoms with E-state index < -0.39 is 0 Å². The first-order valence-electron chi connectivity index (χ1n) is 7.60. The Kier molecular flexibility index (Phi) is 12.1. The molecule has 0 spiro atoms. The molecule has 1 aromatic rings. The topological polar surface area (TPSA) is 39.7 Å². The molecule has 0 aliphatic rings. The minimum atomic E-state index is -0.186. The van der Waals surface area contributed by atoms with Gasteiger partial charge in [0.15, 0.2) is 5.96 Å². The van der Waals surface area contributed by atoms with Gasteiger partial charge in [-0.15, -0.1) is 24.0 Å². The van der Waals surface area contributed by atoms with Crippen molar-refractivity contribution in [1.82, 2.24) is 15.5 Å². The molecule has 0 unspecified atom stereocenters. The molecule has 2 N–H and O–H groups in total. The highest BCUT2D eigenvalue weighted by Crippen LogP contribution is 2.03. The van der Waals surface area contributed by atoms with Crippen LogP contribution in [0.1, 0.15) is 19.4 Å². The predicted octanol–water partition coefficient (Wildman–Crippen LogP) is 2.49. The maximum atomic E-state index is 13.1. The molecule has 126 valence electrons. The van der Waals surface area contributed by atoms with Gasteiger partial charge in [0.25, 0.3) is 0 Å². The number of hydrogen-bond acceptors (Lipinski definition) is 2. The van der Waals surface area contributed by atoms with Crippen molar-refractivity contribution in [2.24, 2.45) is 4.99 Å². The van der Waals surface area contributed by atoms with Crippen molar-refractivity contribution in [2.75, 3.05) is 39.8 Å². The van der Waals surface area contributed by atoms with Gasteiger partial charge in [-0.25, -0.2) is 4.39 Å². The van der Waals surface area contributed by atoms with Crippen LogP contribution < -0.4 is 10.6 Å². The number of nitrogens with zero attached hydrogens (tertiary/aromatic N) is 2. The summed E-state index contributed by atoms with van der Waals surface area (Å²) in [6, 6.07) is 6.70. The first-order valence-corrected chi connectivity index (χ1v) is 7.60. The molecule has 22 heavy (non-hydrogen) atoms. The van der Waals surface area contributed by atoms with Crippen LogP contribution in [0, 0.1) is 5.82 Å². The molecule has 0 amide bonds. The Labute approximate surface area is 150 Å². The van der Waals surface area contributed by atoms with Crippen molar-refractivity contribution in [1.29, 1.82) is 0 Å². The summed E-state index contributed by atoms with van der Waals surface area (Å²) in [5.41, 5.74) is 0.987. The van der Waals surface area contributed by atoms with E-state index in [1.54, 1.807) is 19.2 Å². The minimum absolute atomic E-state index is 0. The van der Waals surface area contributed by atoms with Crippen LogP contribution in [0.4, 0.5) is 4.39 Å². The van der Waals surface area contributed by atoms with Gasteiger partial charge in [0.2, 0.25) is 0 Å². The first-order chi connectivity index (χ1) is 10.2. The van der Waals surface area contributed by atoms with E-state index in [1.807, 2.05) is 6.07 Å². The molecular weight excluding hydrogens is 394 g/mol. The fourth-order valence-electron chi connectivity index (χ4n) is 2.11. The SMILES string of the molecule is CCN(CC)CCNC(=NC)NCCc1cccc(F)c1.I. The van der Waals surface area contributed by atoms with Crippen LogP contribution in [0.25, 0.3) is 0 Å². The smallest absolute Gasteiger partial charge is 0.191 e. The zero-order valence-corrected chi connectivity index (χ0v) is 16.1. The molecule has 0 atom stereocenters. The second-order valence-corrected chi connectivity index (χ2v) is 4.83. The average Bonchev–Trinajstić information content (AvgIpc) is 2.50. The zero-order chi connectivity index (χ0) is 15.5. The van der Waals surface area contributed by atoms with Gasteiger partial charge in [-0.05, 0) is 37.2 Å². The van der Waals surface area contributed by atoms with E-state index in [9.17, 15) is 4.39 Å². The van der Waals surface area contributed by atoms with Crippen molar-refractivity contribution < 1.29 is 4.39 Å². The van der Waals surface area contributed by atoms with Crippen molar-refractivity contribution >= 4 is 29.9 Å². The Hall–Kier alpha value is -0.890. The van der Waals surface area contributed by atoms with Gasteiger partial charge >= 0.3 is 0 Å². The van der Waals surface area contributed by atoms with Gasteiger partial charge in [0.05, 0.1) is 0 Å². The first kappa shape index (κ1) is 21.1. The Morgan fingerprint density at radius 1 is 1.18 bits per heavy atom. The van der Waals surface area contributed by atoms with Gasteiger partial charge in [0, 0.05) is 26.7 Å². The second-order valence-electron chi connectivity index (χ2n) is 4.83. The summed E-state index contributed by atoms with van der Waals surface area (Å²) in [5.74, 6) is 0.604. The molecule has 0 saturated heterocycles. The molecule has 4 nitrogen and oxygen atoms in total. The largest absolute Gasteiger partial charge is 0.356 e. The van der Waals surface area contributed by atoms with Crippen LogP contribution in [0.15, 0.2) is 29.3 Å². The lowest BCUT2D eigenvalue weighted by Gasteiger charge is -2.19. The minimum Gasteiger partial charge on any atom is -0.356 e. The number of benzene rings is 1. The molecular formula is C16H28FIN4. The average molecular weight is 422 g/mol. The van der Waals surface area contributed by atoms with Crippen LogP contribution in [-0.2, 0) is 6.42 Å². The van der Waals surface area contributed by atoms with Crippen molar-refractivity contribution in [3.05, 3.63) is 35.6 Å². The summed E-state index contributed by atoms with van der Waals surface area (Å²) in [7, 11) is 1.76. The summed E-state index contributed by atoms with van der Waals surface area (Å²) >= 11 is 0. The lowest BCUT2D eigenvalue weighted by atomic mass is 10.1. The standard InChI is InChI=1S/C16H27FN4.HI/c1-4-21(5-2)12-11-20-16(18-3)19-10-9-14-7-6-8-15(17)13-14;/h6-8,13H,4-5,9-12H2,1-3H3,(H2,18,19,20);1H. The van der Waals surface area contributed by atoms with E-state index in [-0.39, 0.29) is 29.8 Å². The summed E-state index contributed by atoms with van der Waals surface area (Å²) in [5, 5.41) is 6.53. The lowest BCUT2D eigenvalue weighted by Crippen LogP contribution is -2.42. The molecule has 0 fully saturated rings. The van der Waals surface area contributed by atoms with Gasteiger partial charge in [-0.3, -0.25) is 4.99 Å². The molecule has 0 bridgehead atoms. The third-order valence-corrected chi connectivity index (χ3v) is 3.43. The summed E-state index contributed by atoms with van der Waals surface area (Å²) in [6.07, 6.45) is 0.772. The Bertz CT molecular complexity index is 436. The van der Waals surface area contributed by atoms with E-state index in [0.29, 0.717) is 0 Å². The number of halogens is 2. The molecule has 0 aromatic heterocycles. The Balaban J connectivity index is 0.00000441. The normalized spacial score (nSPS) is 11.2. The summed E-state index contributed by atoms with van der Waals surface area (Å²) in [6.45, 7) is 9.03. The fourth-order valence-corrected chi connectivity index (χ4v) is 2.11. The van der Waals surface area contributed by atoms with Crippen LogP contribution in [0.5, 0.6) is 0 Å². The highest BCUT2D eigenvalue weighted by atomic mass is 127. The predicted molar refractivity (Wildman–Crippen MR) is 103 cm³/mol. The van der Waals surface area contributed by atoms with E-state index in [0.717, 1.165) is 50.7 Å². The van der Waals surface area contributed by atoms with Gasteiger partial charge in [0.1, 0.15) is 5.82 Å². The highest BCUT2D eigenvalue weighted by molar-refractivity contribution is 14.0. The van der Waals surface area contributed by atoms with E-state index in [1.165, 1.54) is 6.07 Å². The second kappa shape index (κ2) is 12.6. The monoisotopic (exact) mass is 422 g/mol. The van der Waals surface area contributed by atoms with Gasteiger partial charge < -0.3 is 15.5 Å². The zero-order valence-electron chi connectivity index (χ0n) is 13.7. The van der Waals surface area contributed by atoms with E-state index in [2.05, 4.69) is 34.4 Å². The molecule has 0 aliphatic carbocycles. The van der Waals surface area contributed by atoms with E-state index >= 15 is 0 Å². The molecule has 0 saturated carbocycles. The number of hydrogen-bond donors (Lipinski definition) is 2. The van der Waals surface area contributed by atoms with Crippen LogP contribution in [0.3, 0.4) is 0 Å². The number of guanidine groups is 1. The maximum Gasteiger partial charge on any atom is 0.191 e. The molecule has 1 aromatic carbocycles. The number of rotatable bonds is 8. The third kappa shape index (κ3) is 8.53. The van der Waals surface area contributed by atoms with Crippen LogP contribution >= 0.6 is 24.0 Å². The van der Waals surface area contributed by atoms with E-state index in [4.69, 9.17) is 0 Å². The number of likely N-dealkylation sites (N-methyl/N-ethyl adjacent to an activating group) is 1.